The second-order valence-corrected chi connectivity index (χ2v) is 5.76. The van der Waals surface area contributed by atoms with E-state index in [1.165, 1.54) is 44.2 Å². The zero-order valence-electron chi connectivity index (χ0n) is 12.3. The van der Waals surface area contributed by atoms with Crippen LogP contribution in [0.4, 0.5) is 0 Å². The maximum Gasteiger partial charge on any atom is 0.0500 e. The number of nitrogens with zero attached hydrogens (tertiary/aromatic N) is 2. The number of pyridine rings is 1. The van der Waals surface area contributed by atoms with Gasteiger partial charge in [0, 0.05) is 24.5 Å². The topological polar surface area (TPSA) is 42.2 Å². The van der Waals surface area contributed by atoms with Crippen LogP contribution in [0, 0.1) is 0 Å². The number of piperidine rings is 1. The van der Waals surface area contributed by atoms with Gasteiger partial charge in [0.05, 0.1) is 6.04 Å². The van der Waals surface area contributed by atoms with Gasteiger partial charge in [-0.05, 0) is 50.4 Å². The van der Waals surface area contributed by atoms with Gasteiger partial charge in [0.1, 0.15) is 0 Å². The van der Waals surface area contributed by atoms with Gasteiger partial charge < -0.3 is 5.73 Å². The SMILES string of the molecule is CCCC1CCCCN1C(c1ccncc1)C(C)N. The first kappa shape index (κ1) is 14.5. The molecule has 0 spiro atoms. The van der Waals surface area contributed by atoms with Crippen molar-refractivity contribution in [3.05, 3.63) is 30.1 Å². The molecule has 1 aromatic rings. The van der Waals surface area contributed by atoms with Crippen LogP contribution >= 0.6 is 0 Å². The zero-order valence-corrected chi connectivity index (χ0v) is 12.3. The van der Waals surface area contributed by atoms with Crippen LogP contribution in [0.5, 0.6) is 0 Å². The third kappa shape index (κ3) is 3.54. The fourth-order valence-corrected chi connectivity index (χ4v) is 3.39. The summed E-state index contributed by atoms with van der Waals surface area (Å²) < 4.78 is 0. The smallest absolute Gasteiger partial charge is 0.0500 e. The molecule has 0 aromatic carbocycles. The molecular formula is C16H27N3. The van der Waals surface area contributed by atoms with E-state index in [1.807, 2.05) is 12.4 Å². The van der Waals surface area contributed by atoms with Crippen LogP contribution in [-0.4, -0.2) is 28.5 Å². The summed E-state index contributed by atoms with van der Waals surface area (Å²) in [5, 5.41) is 0. The van der Waals surface area contributed by atoms with E-state index in [9.17, 15) is 0 Å². The van der Waals surface area contributed by atoms with Gasteiger partial charge in [0.15, 0.2) is 0 Å². The average Bonchev–Trinajstić information content (AvgIpc) is 2.42. The summed E-state index contributed by atoms with van der Waals surface area (Å²) in [4.78, 5) is 6.77. The Balaban J connectivity index is 2.22. The Morgan fingerprint density at radius 3 is 2.74 bits per heavy atom. The molecule has 106 valence electrons. The summed E-state index contributed by atoms with van der Waals surface area (Å²) in [5.41, 5.74) is 7.61. The van der Waals surface area contributed by atoms with Crippen molar-refractivity contribution in [1.29, 1.82) is 0 Å². The van der Waals surface area contributed by atoms with Crippen molar-refractivity contribution in [1.82, 2.24) is 9.88 Å². The van der Waals surface area contributed by atoms with E-state index in [0.717, 1.165) is 0 Å². The molecule has 0 aliphatic carbocycles. The first-order valence-corrected chi connectivity index (χ1v) is 7.65. The van der Waals surface area contributed by atoms with Crippen LogP contribution < -0.4 is 5.73 Å². The minimum Gasteiger partial charge on any atom is -0.326 e. The van der Waals surface area contributed by atoms with Crippen molar-refractivity contribution in [2.75, 3.05) is 6.54 Å². The van der Waals surface area contributed by atoms with E-state index in [0.29, 0.717) is 12.1 Å². The Morgan fingerprint density at radius 1 is 1.37 bits per heavy atom. The maximum absolute atomic E-state index is 6.30. The van der Waals surface area contributed by atoms with E-state index < -0.39 is 0 Å². The summed E-state index contributed by atoms with van der Waals surface area (Å²) >= 11 is 0. The number of rotatable bonds is 5. The predicted octanol–water partition coefficient (Wildman–Crippen LogP) is 3.12. The minimum absolute atomic E-state index is 0.153. The Morgan fingerprint density at radius 2 is 2.11 bits per heavy atom. The first-order chi connectivity index (χ1) is 9.24. The van der Waals surface area contributed by atoms with E-state index in [2.05, 4.69) is 35.9 Å². The molecule has 1 aliphatic rings. The molecule has 2 heterocycles. The molecule has 0 bridgehead atoms. The van der Waals surface area contributed by atoms with Crippen LogP contribution in [0.3, 0.4) is 0 Å². The predicted molar refractivity (Wildman–Crippen MR) is 79.9 cm³/mol. The Kier molecular flexibility index (Phi) is 5.34. The zero-order chi connectivity index (χ0) is 13.7. The summed E-state index contributed by atoms with van der Waals surface area (Å²) in [6, 6.07) is 5.42. The lowest BCUT2D eigenvalue weighted by Crippen LogP contribution is -2.47. The number of nitrogens with two attached hydrogens (primary N) is 1. The molecule has 0 amide bonds. The third-order valence-electron chi connectivity index (χ3n) is 4.20. The molecule has 1 fully saturated rings. The molecule has 0 saturated carbocycles. The number of hydrogen-bond donors (Lipinski definition) is 1. The van der Waals surface area contributed by atoms with Crippen molar-refractivity contribution < 1.29 is 0 Å². The van der Waals surface area contributed by atoms with Gasteiger partial charge in [0.25, 0.3) is 0 Å². The normalized spacial score (nSPS) is 24.1. The van der Waals surface area contributed by atoms with Gasteiger partial charge in [-0.2, -0.15) is 0 Å². The molecule has 3 atom stereocenters. The van der Waals surface area contributed by atoms with Crippen LogP contribution in [0.25, 0.3) is 0 Å². The van der Waals surface area contributed by atoms with E-state index >= 15 is 0 Å². The molecule has 2 N–H and O–H groups in total. The monoisotopic (exact) mass is 261 g/mol. The van der Waals surface area contributed by atoms with Crippen molar-refractivity contribution >= 4 is 0 Å². The van der Waals surface area contributed by atoms with Crippen LogP contribution in [0.2, 0.25) is 0 Å². The van der Waals surface area contributed by atoms with Gasteiger partial charge in [-0.3, -0.25) is 9.88 Å². The molecule has 1 aromatic heterocycles. The van der Waals surface area contributed by atoms with Crippen molar-refractivity contribution in [3.8, 4) is 0 Å². The second-order valence-electron chi connectivity index (χ2n) is 5.76. The molecule has 0 radical (unpaired) electrons. The lowest BCUT2D eigenvalue weighted by Gasteiger charge is -2.43. The maximum atomic E-state index is 6.30. The molecule has 3 heteroatoms. The summed E-state index contributed by atoms with van der Waals surface area (Å²) in [6.07, 6.45) is 10.3. The number of aromatic nitrogens is 1. The summed E-state index contributed by atoms with van der Waals surface area (Å²) in [7, 11) is 0. The van der Waals surface area contributed by atoms with E-state index in [1.54, 1.807) is 0 Å². The molecule has 1 saturated heterocycles. The summed E-state index contributed by atoms with van der Waals surface area (Å²) in [6.45, 7) is 5.59. The Hall–Kier alpha value is -0.930. The van der Waals surface area contributed by atoms with Crippen molar-refractivity contribution in [2.24, 2.45) is 5.73 Å². The summed E-state index contributed by atoms with van der Waals surface area (Å²) in [5.74, 6) is 0. The molecule has 1 aliphatic heterocycles. The number of likely N-dealkylation sites (tertiary alicyclic amines) is 1. The van der Waals surface area contributed by atoms with Crippen LogP contribution in [0.15, 0.2) is 24.5 Å². The van der Waals surface area contributed by atoms with Gasteiger partial charge in [-0.15, -0.1) is 0 Å². The quantitative estimate of drug-likeness (QED) is 0.885. The van der Waals surface area contributed by atoms with Gasteiger partial charge in [-0.1, -0.05) is 19.8 Å². The lowest BCUT2D eigenvalue weighted by molar-refractivity contribution is 0.0764. The fourth-order valence-electron chi connectivity index (χ4n) is 3.39. The first-order valence-electron chi connectivity index (χ1n) is 7.65. The van der Waals surface area contributed by atoms with Crippen molar-refractivity contribution in [3.63, 3.8) is 0 Å². The van der Waals surface area contributed by atoms with Crippen molar-refractivity contribution in [2.45, 2.75) is 64.1 Å². The van der Waals surface area contributed by atoms with Gasteiger partial charge in [0.2, 0.25) is 0 Å². The van der Waals surface area contributed by atoms with Crippen LogP contribution in [0.1, 0.15) is 57.6 Å². The lowest BCUT2D eigenvalue weighted by atomic mass is 9.91. The Labute approximate surface area is 117 Å². The Bertz CT molecular complexity index is 362. The van der Waals surface area contributed by atoms with E-state index in [-0.39, 0.29) is 6.04 Å². The highest BCUT2D eigenvalue weighted by molar-refractivity contribution is 5.17. The molecule has 2 rings (SSSR count). The van der Waals surface area contributed by atoms with Gasteiger partial charge in [-0.25, -0.2) is 0 Å². The molecular weight excluding hydrogens is 234 g/mol. The molecule has 19 heavy (non-hydrogen) atoms. The molecule has 3 unspecified atom stereocenters. The van der Waals surface area contributed by atoms with Gasteiger partial charge >= 0.3 is 0 Å². The number of hydrogen-bond acceptors (Lipinski definition) is 3. The molecule has 3 nitrogen and oxygen atoms in total. The highest BCUT2D eigenvalue weighted by Crippen LogP contribution is 2.32. The minimum atomic E-state index is 0.153. The van der Waals surface area contributed by atoms with E-state index in [4.69, 9.17) is 5.73 Å². The second kappa shape index (κ2) is 7.01. The standard InChI is InChI=1S/C16H27N3/c1-3-6-15-7-4-5-12-19(15)16(13(2)17)14-8-10-18-11-9-14/h8-11,13,15-16H,3-7,12,17H2,1-2H3. The largest absolute Gasteiger partial charge is 0.326 e. The fraction of sp³-hybridized carbons (Fsp3) is 0.688. The highest BCUT2D eigenvalue weighted by atomic mass is 15.2. The van der Waals surface area contributed by atoms with Crippen LogP contribution in [-0.2, 0) is 0 Å². The highest BCUT2D eigenvalue weighted by Gasteiger charge is 2.31. The average molecular weight is 261 g/mol. The third-order valence-corrected chi connectivity index (χ3v) is 4.20.